The van der Waals surface area contributed by atoms with Gasteiger partial charge in [-0.05, 0) is 84.6 Å². The van der Waals surface area contributed by atoms with Crippen molar-refractivity contribution in [3.63, 3.8) is 0 Å². The van der Waals surface area contributed by atoms with E-state index in [4.69, 9.17) is 14.5 Å². The van der Waals surface area contributed by atoms with Gasteiger partial charge >= 0.3 is 12.2 Å². The highest BCUT2D eigenvalue weighted by Gasteiger charge is 2.39. The number of H-pyrrole nitrogens is 2. The lowest BCUT2D eigenvalue weighted by molar-refractivity contribution is -0.136. The Kier molecular flexibility index (Phi) is 13.2. The van der Waals surface area contributed by atoms with E-state index in [9.17, 15) is 19.2 Å². The molecule has 2 aromatic carbocycles. The number of hydrogen-bond acceptors (Lipinski definition) is 8. The van der Waals surface area contributed by atoms with Gasteiger partial charge in [0, 0.05) is 24.2 Å². The number of benzene rings is 2. The summed E-state index contributed by atoms with van der Waals surface area (Å²) in [5.41, 5.74) is 5.16. The molecule has 4 N–H and O–H groups in total. The van der Waals surface area contributed by atoms with Crippen LogP contribution in [0.2, 0.25) is 0 Å². The van der Waals surface area contributed by atoms with Gasteiger partial charge in [-0.3, -0.25) is 9.59 Å². The van der Waals surface area contributed by atoms with Crippen molar-refractivity contribution in [2.75, 3.05) is 27.3 Å². The molecule has 4 atom stereocenters. The van der Waals surface area contributed by atoms with Crippen molar-refractivity contribution in [2.24, 2.45) is 11.8 Å². The Bertz CT molecular complexity index is 2250. The topological polar surface area (TPSA) is 175 Å². The Morgan fingerprint density at radius 1 is 0.707 bits per heavy atom. The van der Waals surface area contributed by atoms with Crippen LogP contribution in [-0.4, -0.2) is 93.1 Å². The van der Waals surface area contributed by atoms with Gasteiger partial charge in [-0.15, -0.1) is 0 Å². The Morgan fingerprint density at radius 3 is 1.81 bits per heavy atom. The van der Waals surface area contributed by atoms with Gasteiger partial charge in [-0.2, -0.15) is 0 Å². The fraction of sp³-hybridized carbons (Fsp3) is 0.409. The van der Waals surface area contributed by atoms with Gasteiger partial charge in [-0.25, -0.2) is 19.6 Å². The normalized spacial score (nSPS) is 17.2. The third kappa shape index (κ3) is 9.52. The summed E-state index contributed by atoms with van der Waals surface area (Å²) in [7, 11) is 2.56. The largest absolute Gasteiger partial charge is 0.453 e. The molecule has 0 bridgehead atoms. The number of carbonyl (C=O) groups excluding carboxylic acids is 4. The van der Waals surface area contributed by atoms with Crippen LogP contribution in [0.15, 0.2) is 60.9 Å². The number of alkyl carbamates (subject to hydrolysis) is 2. The molecular formula is C44H50N8O6. The van der Waals surface area contributed by atoms with Crippen LogP contribution in [0.4, 0.5) is 9.59 Å². The van der Waals surface area contributed by atoms with E-state index >= 15 is 0 Å². The zero-order chi connectivity index (χ0) is 41.3. The fourth-order valence-corrected chi connectivity index (χ4v) is 7.45. The maximum Gasteiger partial charge on any atom is 0.407 e. The second kappa shape index (κ2) is 18.6. The summed E-state index contributed by atoms with van der Waals surface area (Å²) in [4.78, 5) is 70.4. The van der Waals surface area contributed by atoms with E-state index in [2.05, 4.69) is 55.3 Å². The molecule has 0 aliphatic carbocycles. The van der Waals surface area contributed by atoms with Crippen LogP contribution in [0.25, 0.3) is 22.4 Å². The molecule has 0 saturated carbocycles. The zero-order valence-electron chi connectivity index (χ0n) is 33.7. The van der Waals surface area contributed by atoms with Gasteiger partial charge < -0.3 is 39.9 Å². The second-order valence-electron chi connectivity index (χ2n) is 15.1. The number of methoxy groups -OCH3 is 2. The third-order valence-corrected chi connectivity index (χ3v) is 10.5. The van der Waals surface area contributed by atoms with E-state index in [1.165, 1.54) is 14.2 Å². The predicted octanol–water partition coefficient (Wildman–Crippen LogP) is 5.96. The first-order valence-corrected chi connectivity index (χ1v) is 19.6. The molecule has 2 aromatic heterocycles. The molecular weight excluding hydrogens is 737 g/mol. The average molecular weight is 787 g/mol. The molecule has 0 unspecified atom stereocenters. The van der Waals surface area contributed by atoms with Gasteiger partial charge in [0.25, 0.3) is 0 Å². The van der Waals surface area contributed by atoms with Crippen LogP contribution >= 0.6 is 0 Å². The quantitative estimate of drug-likeness (QED) is 0.143. The molecule has 0 radical (unpaired) electrons. The zero-order valence-corrected chi connectivity index (χ0v) is 33.7. The minimum Gasteiger partial charge on any atom is -0.453 e. The van der Waals surface area contributed by atoms with Crippen molar-refractivity contribution < 1.29 is 28.7 Å². The van der Waals surface area contributed by atoms with Crippen LogP contribution in [0.5, 0.6) is 0 Å². The first-order valence-electron chi connectivity index (χ1n) is 19.6. The first kappa shape index (κ1) is 41.1. The highest BCUT2D eigenvalue weighted by molar-refractivity contribution is 5.87. The molecule has 6 rings (SSSR count). The van der Waals surface area contributed by atoms with E-state index in [0.29, 0.717) is 30.4 Å². The lowest BCUT2D eigenvalue weighted by Crippen LogP contribution is -2.51. The summed E-state index contributed by atoms with van der Waals surface area (Å²) in [6.07, 6.45) is 5.33. The van der Waals surface area contributed by atoms with Gasteiger partial charge in [0.15, 0.2) is 0 Å². The smallest absolute Gasteiger partial charge is 0.407 e. The van der Waals surface area contributed by atoms with E-state index in [1.54, 1.807) is 22.2 Å². The van der Waals surface area contributed by atoms with Crippen molar-refractivity contribution in [2.45, 2.75) is 77.5 Å². The minimum atomic E-state index is -0.707. The van der Waals surface area contributed by atoms with Crippen molar-refractivity contribution in [3.8, 4) is 46.1 Å². The van der Waals surface area contributed by atoms with Crippen molar-refractivity contribution >= 4 is 24.0 Å². The Morgan fingerprint density at radius 2 is 1.22 bits per heavy atom. The second-order valence-corrected chi connectivity index (χ2v) is 15.1. The maximum absolute atomic E-state index is 13.6. The standard InChI is InChI=1S/C44H50N8O6/c1-27(2)37(49-43(55)57-5)41(53)51-21-11-19-35(51)39-45-25-33(47-39)18-8-7-13-29-14-9-15-30(23-29)31-16-10-17-32(24-31)34-26-46-40(48-34)36-20-12-22-52(36)42(54)38(28(3)4)50-44(56)58-6/h9-10,14-17,23-28,35-38H,11-12,19-22H2,1-6H3,(H,45,47)(H,46,48)(H,49,55)(H,50,56)/t35-,36-,37-,38-/m0/s1. The van der Waals surface area contributed by atoms with Gasteiger partial charge in [0.05, 0.1) is 44.4 Å². The number of nitrogens with one attached hydrogen (secondary N) is 4. The number of likely N-dealkylation sites (tertiary alicyclic amines) is 2. The van der Waals surface area contributed by atoms with Gasteiger partial charge in [0.2, 0.25) is 11.8 Å². The molecule has 4 heterocycles. The number of carbonyl (C=O) groups is 4. The number of amides is 4. The van der Waals surface area contributed by atoms with Crippen LogP contribution in [0.1, 0.15) is 88.4 Å². The van der Waals surface area contributed by atoms with Crippen LogP contribution in [0.3, 0.4) is 0 Å². The summed E-state index contributed by atoms with van der Waals surface area (Å²) in [5.74, 6) is 12.8. The van der Waals surface area contributed by atoms with E-state index < -0.39 is 24.3 Å². The number of aromatic amines is 2. The van der Waals surface area contributed by atoms with Gasteiger partial charge in [-0.1, -0.05) is 63.9 Å². The summed E-state index contributed by atoms with van der Waals surface area (Å²) >= 11 is 0. The molecule has 0 spiro atoms. The lowest BCUT2D eigenvalue weighted by atomic mass is 10.0. The summed E-state index contributed by atoms with van der Waals surface area (Å²) < 4.78 is 9.49. The number of imidazole rings is 2. The summed E-state index contributed by atoms with van der Waals surface area (Å²) in [6.45, 7) is 8.70. The Balaban J connectivity index is 1.11. The number of rotatable bonds is 10. The van der Waals surface area contributed by atoms with E-state index in [-0.39, 0.29) is 35.7 Å². The third-order valence-electron chi connectivity index (χ3n) is 10.5. The molecule has 2 saturated heterocycles. The summed E-state index contributed by atoms with van der Waals surface area (Å²) in [6, 6.07) is 14.2. The number of hydrogen-bond donors (Lipinski definition) is 4. The van der Waals surface area contributed by atoms with Gasteiger partial charge in [0.1, 0.15) is 29.4 Å². The van der Waals surface area contributed by atoms with E-state index in [1.807, 2.05) is 70.2 Å². The van der Waals surface area contributed by atoms with Crippen molar-refractivity contribution in [1.82, 2.24) is 40.4 Å². The van der Waals surface area contributed by atoms with Crippen LogP contribution in [-0.2, 0) is 19.1 Å². The molecule has 58 heavy (non-hydrogen) atoms. The number of nitrogens with zero attached hydrogens (tertiary/aromatic N) is 4. The van der Waals surface area contributed by atoms with Crippen LogP contribution in [0, 0.1) is 35.5 Å². The lowest BCUT2D eigenvalue weighted by Gasteiger charge is -2.30. The molecule has 4 amide bonds. The Labute approximate surface area is 338 Å². The molecule has 4 aromatic rings. The minimum absolute atomic E-state index is 0.116. The number of ether oxygens (including phenoxy) is 2. The van der Waals surface area contributed by atoms with Crippen LogP contribution < -0.4 is 10.6 Å². The first-order chi connectivity index (χ1) is 28.0. The molecule has 2 fully saturated rings. The SMILES string of the molecule is COC(=O)N[C@H](C(=O)N1CCC[C@H]1c1ncc(C#CC#Cc2cccc(-c3cccc(-c4cnc([C@@H]5CCCN5C(=O)[C@@H](NC(=O)OC)C(C)C)[nH]4)c3)c2)[nH]1)C(C)C. The van der Waals surface area contributed by atoms with Crippen molar-refractivity contribution in [3.05, 3.63) is 83.8 Å². The molecule has 14 heteroatoms. The fourth-order valence-electron chi connectivity index (χ4n) is 7.45. The van der Waals surface area contributed by atoms with Crippen molar-refractivity contribution in [1.29, 1.82) is 0 Å². The maximum atomic E-state index is 13.6. The molecule has 2 aliphatic rings. The highest BCUT2D eigenvalue weighted by Crippen LogP contribution is 2.34. The summed E-state index contributed by atoms with van der Waals surface area (Å²) in [5, 5.41) is 5.36. The monoisotopic (exact) mass is 786 g/mol. The molecule has 302 valence electrons. The number of aromatic nitrogens is 4. The molecule has 14 nitrogen and oxygen atoms in total. The predicted molar refractivity (Wildman–Crippen MR) is 218 cm³/mol. The highest BCUT2D eigenvalue weighted by atomic mass is 16.5. The average Bonchev–Trinajstić information content (AvgIpc) is 4.07. The Hall–Kier alpha value is -6.54. The molecule has 2 aliphatic heterocycles. The van der Waals surface area contributed by atoms with E-state index in [0.717, 1.165) is 53.6 Å².